The fraction of sp³-hybridized carbons (Fsp3) is 0.273. The molecule has 1 atom stereocenters. The first-order chi connectivity index (χ1) is 13.2. The van der Waals surface area contributed by atoms with Crippen LogP contribution in [0.2, 0.25) is 0 Å². The van der Waals surface area contributed by atoms with E-state index in [4.69, 9.17) is 6.42 Å². The average Bonchev–Trinajstić information content (AvgIpc) is 2.68. The van der Waals surface area contributed by atoms with Crippen LogP contribution in [0.25, 0.3) is 22.0 Å². The van der Waals surface area contributed by atoms with Crippen LogP contribution >= 0.6 is 0 Å². The van der Waals surface area contributed by atoms with Gasteiger partial charge in [-0.05, 0) is 44.6 Å². The maximum atomic E-state index is 10.4. The highest BCUT2D eigenvalue weighted by molar-refractivity contribution is 6.00. The molecule has 5 nitrogen and oxygen atoms in total. The molecule has 0 bridgehead atoms. The number of phenols is 1. The van der Waals surface area contributed by atoms with E-state index in [0.717, 1.165) is 36.1 Å². The monoisotopic (exact) mass is 358 g/mol. The highest BCUT2D eigenvalue weighted by Gasteiger charge is 2.20. The van der Waals surface area contributed by atoms with Gasteiger partial charge in [0.1, 0.15) is 11.4 Å². The van der Waals surface area contributed by atoms with E-state index < -0.39 is 0 Å². The number of nitrogens with one attached hydrogen (secondary N) is 1. The van der Waals surface area contributed by atoms with Crippen LogP contribution in [0, 0.1) is 12.3 Å². The Balaban J connectivity index is 1.76. The van der Waals surface area contributed by atoms with Crippen molar-refractivity contribution in [3.63, 3.8) is 0 Å². The molecule has 0 saturated carbocycles. The van der Waals surface area contributed by atoms with Gasteiger partial charge in [0.05, 0.1) is 0 Å². The molecule has 3 aromatic rings. The molecule has 1 fully saturated rings. The van der Waals surface area contributed by atoms with Crippen molar-refractivity contribution >= 4 is 16.6 Å². The number of anilines is 1. The van der Waals surface area contributed by atoms with Crippen molar-refractivity contribution in [3.05, 3.63) is 48.0 Å². The molecular weight excluding hydrogens is 336 g/mol. The average molecular weight is 358 g/mol. The fourth-order valence-electron chi connectivity index (χ4n) is 3.71. The Labute approximate surface area is 159 Å². The second kappa shape index (κ2) is 7.26. The molecule has 1 aliphatic rings. The standard InChI is InChI=1S/C22H22N4O/c1-3-15-10-11-19(20(27)13-15)21-17-8-4-5-9-18(17)22(25-24-21)23-16-7-6-12-26(2)14-16/h1,4-5,8-11,13,16,27H,6-7,12,14H2,2H3,(H,23,25). The van der Waals surface area contributed by atoms with E-state index in [-0.39, 0.29) is 5.75 Å². The molecule has 27 heavy (non-hydrogen) atoms. The zero-order chi connectivity index (χ0) is 18.8. The molecule has 0 amide bonds. The summed E-state index contributed by atoms with van der Waals surface area (Å²) in [5.74, 6) is 3.43. The van der Waals surface area contributed by atoms with Gasteiger partial charge in [-0.15, -0.1) is 16.6 Å². The van der Waals surface area contributed by atoms with Crippen LogP contribution in [-0.4, -0.2) is 46.4 Å². The molecule has 2 N–H and O–H groups in total. The maximum absolute atomic E-state index is 10.4. The molecule has 1 unspecified atom stereocenters. The number of piperidine rings is 1. The lowest BCUT2D eigenvalue weighted by molar-refractivity contribution is 0.261. The van der Waals surface area contributed by atoms with Crippen molar-refractivity contribution < 1.29 is 5.11 Å². The fourth-order valence-corrected chi connectivity index (χ4v) is 3.71. The second-order valence-electron chi connectivity index (χ2n) is 7.06. The summed E-state index contributed by atoms with van der Waals surface area (Å²) >= 11 is 0. The summed E-state index contributed by atoms with van der Waals surface area (Å²) in [6.07, 6.45) is 7.71. The van der Waals surface area contributed by atoms with E-state index in [1.807, 2.05) is 24.3 Å². The second-order valence-corrected chi connectivity index (χ2v) is 7.06. The molecule has 1 saturated heterocycles. The summed E-state index contributed by atoms with van der Waals surface area (Å²) in [6, 6.07) is 13.5. The molecular formula is C22H22N4O. The number of nitrogens with zero attached hydrogens (tertiary/aromatic N) is 3. The van der Waals surface area contributed by atoms with Gasteiger partial charge in [0.15, 0.2) is 5.82 Å². The number of fused-ring (bicyclic) bond motifs is 1. The predicted octanol–water partition coefficient (Wildman–Crippen LogP) is 3.49. The van der Waals surface area contributed by atoms with Crippen molar-refractivity contribution in [2.75, 3.05) is 25.5 Å². The maximum Gasteiger partial charge on any atom is 0.156 e. The number of rotatable bonds is 3. The molecule has 5 heteroatoms. The predicted molar refractivity (Wildman–Crippen MR) is 109 cm³/mol. The molecule has 136 valence electrons. The Morgan fingerprint density at radius 3 is 2.74 bits per heavy atom. The number of aromatic nitrogens is 2. The number of aromatic hydroxyl groups is 1. The number of likely N-dealkylation sites (N-methyl/N-ethyl adjacent to an activating group) is 1. The first-order valence-corrected chi connectivity index (χ1v) is 9.16. The van der Waals surface area contributed by atoms with Crippen LogP contribution in [-0.2, 0) is 0 Å². The van der Waals surface area contributed by atoms with E-state index in [2.05, 4.69) is 33.4 Å². The Hall–Kier alpha value is -3.10. The van der Waals surface area contributed by atoms with Crippen molar-refractivity contribution in [2.45, 2.75) is 18.9 Å². The van der Waals surface area contributed by atoms with E-state index in [9.17, 15) is 5.11 Å². The summed E-state index contributed by atoms with van der Waals surface area (Å²) in [6.45, 7) is 2.13. The molecule has 0 aliphatic carbocycles. The Kier molecular flexibility index (Phi) is 4.66. The zero-order valence-electron chi connectivity index (χ0n) is 15.3. The summed E-state index contributed by atoms with van der Waals surface area (Å²) in [4.78, 5) is 2.33. The van der Waals surface area contributed by atoms with Crippen LogP contribution in [0.5, 0.6) is 5.75 Å². The number of phenolic OH excluding ortho intramolecular Hbond substituents is 1. The van der Waals surface area contributed by atoms with Gasteiger partial charge in [-0.2, -0.15) is 0 Å². The van der Waals surface area contributed by atoms with Crippen LogP contribution < -0.4 is 5.32 Å². The molecule has 1 aliphatic heterocycles. The lowest BCUT2D eigenvalue weighted by Crippen LogP contribution is -2.40. The first-order valence-electron chi connectivity index (χ1n) is 9.16. The van der Waals surface area contributed by atoms with E-state index in [1.165, 1.54) is 6.42 Å². The molecule has 1 aromatic heterocycles. The molecule has 0 radical (unpaired) electrons. The number of terminal acetylenes is 1. The van der Waals surface area contributed by atoms with Gasteiger partial charge in [-0.25, -0.2) is 0 Å². The van der Waals surface area contributed by atoms with Gasteiger partial charge >= 0.3 is 0 Å². The van der Waals surface area contributed by atoms with E-state index in [1.54, 1.807) is 18.2 Å². The number of benzene rings is 2. The summed E-state index contributed by atoms with van der Waals surface area (Å²) < 4.78 is 0. The van der Waals surface area contributed by atoms with Crippen LogP contribution in [0.4, 0.5) is 5.82 Å². The zero-order valence-corrected chi connectivity index (χ0v) is 15.3. The summed E-state index contributed by atoms with van der Waals surface area (Å²) in [5, 5.41) is 24.8. The minimum Gasteiger partial charge on any atom is -0.507 e. The lowest BCUT2D eigenvalue weighted by atomic mass is 10.0. The van der Waals surface area contributed by atoms with Crippen molar-refractivity contribution in [3.8, 4) is 29.4 Å². The SMILES string of the molecule is C#Cc1ccc(-c2nnc(NC3CCCN(C)C3)c3ccccc23)c(O)c1. The van der Waals surface area contributed by atoms with Crippen molar-refractivity contribution in [1.29, 1.82) is 0 Å². The molecule has 2 heterocycles. The highest BCUT2D eigenvalue weighted by atomic mass is 16.3. The Bertz CT molecular complexity index is 1020. The lowest BCUT2D eigenvalue weighted by Gasteiger charge is -2.30. The van der Waals surface area contributed by atoms with Crippen LogP contribution in [0.15, 0.2) is 42.5 Å². The Morgan fingerprint density at radius 1 is 1.19 bits per heavy atom. The minimum absolute atomic E-state index is 0.111. The van der Waals surface area contributed by atoms with Gasteiger partial charge in [0.25, 0.3) is 0 Å². The van der Waals surface area contributed by atoms with E-state index in [0.29, 0.717) is 22.9 Å². The van der Waals surface area contributed by atoms with Crippen molar-refractivity contribution in [2.24, 2.45) is 0 Å². The Morgan fingerprint density at radius 2 is 2.00 bits per heavy atom. The summed E-state index contributed by atoms with van der Waals surface area (Å²) in [7, 11) is 2.14. The van der Waals surface area contributed by atoms with Crippen LogP contribution in [0.3, 0.4) is 0 Å². The van der Waals surface area contributed by atoms with Gasteiger partial charge in [0, 0.05) is 34.5 Å². The topological polar surface area (TPSA) is 61.3 Å². The van der Waals surface area contributed by atoms with Crippen molar-refractivity contribution in [1.82, 2.24) is 15.1 Å². The highest BCUT2D eigenvalue weighted by Crippen LogP contribution is 2.35. The molecule has 4 rings (SSSR count). The third-order valence-electron chi connectivity index (χ3n) is 5.07. The molecule has 0 spiro atoms. The quantitative estimate of drug-likeness (QED) is 0.702. The smallest absolute Gasteiger partial charge is 0.156 e. The number of hydrogen-bond acceptors (Lipinski definition) is 5. The third-order valence-corrected chi connectivity index (χ3v) is 5.07. The third kappa shape index (κ3) is 3.44. The van der Waals surface area contributed by atoms with Gasteiger partial charge in [-0.3, -0.25) is 0 Å². The molecule has 2 aromatic carbocycles. The van der Waals surface area contributed by atoms with E-state index >= 15 is 0 Å². The first kappa shape index (κ1) is 17.3. The number of likely N-dealkylation sites (tertiary alicyclic amines) is 1. The van der Waals surface area contributed by atoms with Gasteiger partial charge in [-0.1, -0.05) is 30.2 Å². The summed E-state index contributed by atoms with van der Waals surface area (Å²) in [5.41, 5.74) is 1.91. The normalized spacial score (nSPS) is 17.6. The largest absolute Gasteiger partial charge is 0.507 e. The van der Waals surface area contributed by atoms with Gasteiger partial charge in [0.2, 0.25) is 0 Å². The minimum atomic E-state index is 0.111. The number of hydrogen-bond donors (Lipinski definition) is 2. The van der Waals surface area contributed by atoms with Gasteiger partial charge < -0.3 is 15.3 Å². The van der Waals surface area contributed by atoms with Crippen LogP contribution in [0.1, 0.15) is 18.4 Å².